The van der Waals surface area contributed by atoms with Crippen LogP contribution in [0.5, 0.6) is 5.75 Å². The van der Waals surface area contributed by atoms with E-state index in [9.17, 15) is 4.79 Å². The van der Waals surface area contributed by atoms with Gasteiger partial charge < -0.3 is 4.74 Å². The summed E-state index contributed by atoms with van der Waals surface area (Å²) >= 11 is 0. The number of hydrogen-bond donors (Lipinski definition) is 0. The topological polar surface area (TPSA) is 101 Å². The number of fused-ring (bicyclic) bond motifs is 2. The molecule has 0 bridgehead atoms. The van der Waals surface area contributed by atoms with Crippen LogP contribution in [0.2, 0.25) is 0 Å². The number of ketones is 1. The van der Waals surface area contributed by atoms with Crippen LogP contribution in [0.4, 0.5) is 0 Å². The van der Waals surface area contributed by atoms with Crippen LogP contribution < -0.4 is 4.74 Å². The summed E-state index contributed by atoms with van der Waals surface area (Å²) < 4.78 is 9.73. The van der Waals surface area contributed by atoms with Gasteiger partial charge in [0.25, 0.3) is 0 Å². The maximum atomic E-state index is 11.7. The number of rotatable bonds is 6. The summed E-state index contributed by atoms with van der Waals surface area (Å²) in [4.78, 5) is 25.6. The van der Waals surface area contributed by atoms with Gasteiger partial charge in [0.1, 0.15) is 24.1 Å². The van der Waals surface area contributed by atoms with Crippen LogP contribution in [-0.2, 0) is 11.3 Å². The summed E-state index contributed by atoms with van der Waals surface area (Å²) in [6.45, 7) is 7.49. The van der Waals surface area contributed by atoms with E-state index < -0.39 is 6.10 Å². The number of Topliss-reactive ketones (excluding diaryl/α,β-unsaturated/α-hetero) is 1. The molecule has 0 aliphatic rings. The van der Waals surface area contributed by atoms with Gasteiger partial charge in [-0.3, -0.25) is 9.78 Å². The van der Waals surface area contributed by atoms with Gasteiger partial charge in [-0.2, -0.15) is 10.2 Å². The van der Waals surface area contributed by atoms with Gasteiger partial charge in [0.2, 0.25) is 0 Å². The fraction of sp³-hybridized carbons (Fsp3) is 0.250. The van der Waals surface area contributed by atoms with Crippen LogP contribution in [0, 0.1) is 13.8 Å². The van der Waals surface area contributed by atoms with Crippen molar-refractivity contribution in [3.63, 3.8) is 0 Å². The summed E-state index contributed by atoms with van der Waals surface area (Å²) in [5.41, 5.74) is 4.66. The molecule has 0 spiro atoms. The molecule has 33 heavy (non-hydrogen) atoms. The van der Waals surface area contributed by atoms with Gasteiger partial charge >= 0.3 is 0 Å². The summed E-state index contributed by atoms with van der Waals surface area (Å²) in [6.07, 6.45) is 6.65. The molecule has 166 valence electrons. The second-order valence-corrected chi connectivity index (χ2v) is 8.11. The van der Waals surface area contributed by atoms with E-state index in [1.165, 1.54) is 6.92 Å². The Bertz CT molecular complexity index is 1490. The first-order chi connectivity index (χ1) is 15.9. The zero-order valence-corrected chi connectivity index (χ0v) is 18.9. The molecule has 5 aromatic rings. The summed E-state index contributed by atoms with van der Waals surface area (Å²) in [6, 6.07) is 7.72. The Morgan fingerprint density at radius 2 is 1.94 bits per heavy atom. The molecular weight excluding hydrogens is 418 g/mol. The lowest BCUT2D eigenvalue weighted by Crippen LogP contribution is -2.14. The molecule has 0 aliphatic heterocycles. The zero-order chi connectivity index (χ0) is 23.1. The standard InChI is InChI=1S/C24H23N7O2/c1-14-8-20-18(11-25-14)10-22(16(3)28-20)33-17(4)23-21(30-7-5-6-26-30)9-19-12-27-31(13-15(2)32)24(19)29-23/h5-12,17H,13H2,1-4H3/t17-/m0/s1. The predicted octanol–water partition coefficient (Wildman–Crippen LogP) is 3.91. The highest BCUT2D eigenvalue weighted by molar-refractivity contribution is 5.81. The van der Waals surface area contributed by atoms with E-state index in [4.69, 9.17) is 9.72 Å². The highest BCUT2D eigenvalue weighted by Crippen LogP contribution is 2.30. The third kappa shape index (κ3) is 3.93. The Labute approximate surface area is 190 Å². The molecular formula is C24H23N7O2. The van der Waals surface area contributed by atoms with E-state index >= 15 is 0 Å². The molecule has 0 aliphatic carbocycles. The number of pyridine rings is 3. The van der Waals surface area contributed by atoms with Gasteiger partial charge in [-0.15, -0.1) is 0 Å². The molecule has 0 amide bonds. The number of aromatic nitrogens is 7. The van der Waals surface area contributed by atoms with Crippen molar-refractivity contribution in [2.24, 2.45) is 0 Å². The summed E-state index contributed by atoms with van der Waals surface area (Å²) in [5.74, 6) is 0.664. The third-order valence-corrected chi connectivity index (χ3v) is 5.41. The molecule has 9 heteroatoms. The van der Waals surface area contributed by atoms with Gasteiger partial charge in [-0.1, -0.05) is 0 Å². The number of hydrogen-bond acceptors (Lipinski definition) is 7. The lowest BCUT2D eigenvalue weighted by Gasteiger charge is -2.19. The smallest absolute Gasteiger partial charge is 0.158 e. The summed E-state index contributed by atoms with van der Waals surface area (Å²) in [7, 11) is 0. The molecule has 0 unspecified atom stereocenters. The van der Waals surface area contributed by atoms with Gasteiger partial charge in [0, 0.05) is 35.1 Å². The average molecular weight is 441 g/mol. The number of ether oxygens (including phenoxy) is 1. The SMILES string of the molecule is CC(=O)Cn1ncc2cc(-n3cccn3)c([C@H](C)Oc3cc4cnc(C)cc4nc3C)nc21. The van der Waals surface area contributed by atoms with Crippen LogP contribution in [-0.4, -0.2) is 40.3 Å². The average Bonchev–Trinajstić information content (AvgIpc) is 3.43. The van der Waals surface area contributed by atoms with Crippen molar-refractivity contribution < 1.29 is 9.53 Å². The molecule has 5 aromatic heterocycles. The Morgan fingerprint density at radius 3 is 2.70 bits per heavy atom. The Balaban J connectivity index is 1.59. The number of nitrogens with zero attached hydrogens (tertiary/aromatic N) is 7. The zero-order valence-electron chi connectivity index (χ0n) is 18.9. The molecule has 0 aromatic carbocycles. The molecule has 0 saturated heterocycles. The van der Waals surface area contributed by atoms with Gasteiger partial charge in [-0.25, -0.2) is 19.3 Å². The minimum Gasteiger partial charge on any atom is -0.482 e. The van der Waals surface area contributed by atoms with Crippen molar-refractivity contribution in [2.75, 3.05) is 0 Å². The van der Waals surface area contributed by atoms with Crippen LogP contribution in [0.1, 0.15) is 37.0 Å². The van der Waals surface area contributed by atoms with Crippen LogP contribution in [0.3, 0.4) is 0 Å². The molecule has 0 radical (unpaired) electrons. The van der Waals surface area contributed by atoms with E-state index in [1.54, 1.807) is 28.0 Å². The Hall–Kier alpha value is -4.14. The van der Waals surface area contributed by atoms with Crippen molar-refractivity contribution in [3.8, 4) is 11.4 Å². The molecule has 1 atom stereocenters. The first-order valence-electron chi connectivity index (χ1n) is 10.7. The van der Waals surface area contributed by atoms with Crippen molar-refractivity contribution in [1.82, 2.24) is 34.5 Å². The fourth-order valence-corrected chi connectivity index (χ4v) is 3.84. The molecule has 5 rings (SSSR count). The number of aryl methyl sites for hydroxylation is 2. The van der Waals surface area contributed by atoms with E-state index in [1.807, 2.05) is 51.2 Å². The van der Waals surface area contributed by atoms with Gasteiger partial charge in [-0.05, 0) is 52.0 Å². The normalized spacial score (nSPS) is 12.4. The molecule has 0 fully saturated rings. The van der Waals surface area contributed by atoms with Crippen LogP contribution in [0.25, 0.3) is 27.6 Å². The lowest BCUT2D eigenvalue weighted by atomic mass is 10.1. The molecule has 0 saturated carbocycles. The van der Waals surface area contributed by atoms with Crippen LogP contribution in [0.15, 0.2) is 49.1 Å². The molecule has 5 heterocycles. The van der Waals surface area contributed by atoms with Gasteiger partial charge in [0.15, 0.2) is 11.4 Å². The Morgan fingerprint density at radius 1 is 1.09 bits per heavy atom. The first-order valence-corrected chi connectivity index (χ1v) is 10.7. The Kier molecular flexibility index (Phi) is 5.08. The molecule has 9 nitrogen and oxygen atoms in total. The quantitative estimate of drug-likeness (QED) is 0.394. The van der Waals surface area contributed by atoms with Crippen molar-refractivity contribution in [2.45, 2.75) is 40.3 Å². The second kappa shape index (κ2) is 8.09. The molecule has 0 N–H and O–H groups in total. The number of carbonyl (C=O) groups is 1. The maximum Gasteiger partial charge on any atom is 0.158 e. The minimum atomic E-state index is -0.425. The van der Waals surface area contributed by atoms with Gasteiger partial charge in [0.05, 0.1) is 23.1 Å². The highest BCUT2D eigenvalue weighted by atomic mass is 16.5. The van der Waals surface area contributed by atoms with Crippen molar-refractivity contribution >= 4 is 27.7 Å². The minimum absolute atomic E-state index is 0.00510. The predicted molar refractivity (Wildman–Crippen MR) is 123 cm³/mol. The first kappa shape index (κ1) is 20.7. The fourth-order valence-electron chi connectivity index (χ4n) is 3.84. The van der Waals surface area contributed by atoms with E-state index in [0.29, 0.717) is 17.1 Å². The van der Waals surface area contributed by atoms with Crippen molar-refractivity contribution in [3.05, 3.63) is 66.1 Å². The van der Waals surface area contributed by atoms with E-state index in [-0.39, 0.29) is 12.3 Å². The van der Waals surface area contributed by atoms with E-state index in [0.717, 1.165) is 33.4 Å². The van der Waals surface area contributed by atoms with Crippen molar-refractivity contribution in [1.29, 1.82) is 0 Å². The summed E-state index contributed by atoms with van der Waals surface area (Å²) in [5, 5.41) is 10.5. The monoisotopic (exact) mass is 441 g/mol. The van der Waals surface area contributed by atoms with E-state index in [2.05, 4.69) is 20.2 Å². The largest absolute Gasteiger partial charge is 0.482 e. The third-order valence-electron chi connectivity index (χ3n) is 5.41. The van der Waals surface area contributed by atoms with Crippen LogP contribution >= 0.6 is 0 Å². The second-order valence-electron chi connectivity index (χ2n) is 8.11. The lowest BCUT2D eigenvalue weighted by molar-refractivity contribution is -0.117. The number of carbonyl (C=O) groups excluding carboxylic acids is 1. The highest BCUT2D eigenvalue weighted by Gasteiger charge is 2.21. The maximum absolute atomic E-state index is 11.7.